The number of unbranched alkanes of at least 4 members (excludes halogenated alkanes) is 1. The van der Waals surface area contributed by atoms with Crippen LogP contribution in [-0.2, 0) is 13.0 Å². The topological polar surface area (TPSA) is 64.2 Å². The summed E-state index contributed by atoms with van der Waals surface area (Å²) in [5.41, 5.74) is 0.515. The Bertz CT molecular complexity index is 786. The van der Waals surface area contributed by atoms with Crippen LogP contribution in [0.25, 0.3) is 0 Å². The largest absolute Gasteiger partial charge is 0.494 e. The van der Waals surface area contributed by atoms with Gasteiger partial charge in [0.1, 0.15) is 0 Å². The van der Waals surface area contributed by atoms with Crippen molar-refractivity contribution in [2.24, 2.45) is 0 Å². The SMILES string of the molecule is O=c1cc(O)n(CCCCc2ccccc2)c(=O)n1C1CCCC1. The van der Waals surface area contributed by atoms with Gasteiger partial charge < -0.3 is 5.11 Å². The molecule has 0 atom stereocenters. The number of nitrogens with zero attached hydrogens (tertiary/aromatic N) is 2. The number of hydrogen-bond acceptors (Lipinski definition) is 3. The predicted octanol–water partition coefficient (Wildman–Crippen LogP) is 2.85. The van der Waals surface area contributed by atoms with Crippen LogP contribution in [-0.4, -0.2) is 14.2 Å². The molecule has 1 aliphatic rings. The Morgan fingerprint density at radius 1 is 1.04 bits per heavy atom. The van der Waals surface area contributed by atoms with Crippen molar-refractivity contribution in [2.45, 2.75) is 57.5 Å². The Hall–Kier alpha value is -2.30. The average molecular weight is 328 g/mol. The van der Waals surface area contributed by atoms with Crippen molar-refractivity contribution in [1.82, 2.24) is 9.13 Å². The Balaban J connectivity index is 1.70. The molecule has 3 rings (SSSR count). The van der Waals surface area contributed by atoms with Crippen LogP contribution in [0, 0.1) is 0 Å². The molecule has 0 saturated heterocycles. The molecule has 0 spiro atoms. The summed E-state index contributed by atoms with van der Waals surface area (Å²) in [5, 5.41) is 10.0. The van der Waals surface area contributed by atoms with Gasteiger partial charge in [-0.25, -0.2) is 4.79 Å². The van der Waals surface area contributed by atoms with Gasteiger partial charge in [-0.2, -0.15) is 0 Å². The van der Waals surface area contributed by atoms with Crippen LogP contribution in [0.5, 0.6) is 5.88 Å². The second-order valence-corrected chi connectivity index (χ2v) is 6.53. The van der Waals surface area contributed by atoms with Crippen molar-refractivity contribution < 1.29 is 5.11 Å². The minimum atomic E-state index is -0.384. The van der Waals surface area contributed by atoms with Gasteiger partial charge in [-0.3, -0.25) is 13.9 Å². The minimum Gasteiger partial charge on any atom is -0.494 e. The van der Waals surface area contributed by atoms with Crippen LogP contribution < -0.4 is 11.2 Å². The summed E-state index contributed by atoms with van der Waals surface area (Å²) in [4.78, 5) is 24.7. The fraction of sp³-hybridized carbons (Fsp3) is 0.474. The van der Waals surface area contributed by atoms with Gasteiger partial charge >= 0.3 is 5.69 Å². The summed E-state index contributed by atoms with van der Waals surface area (Å²) in [7, 11) is 0. The van der Waals surface area contributed by atoms with Crippen molar-refractivity contribution in [3.63, 3.8) is 0 Å². The van der Waals surface area contributed by atoms with E-state index in [-0.39, 0.29) is 23.2 Å². The summed E-state index contributed by atoms with van der Waals surface area (Å²) < 4.78 is 2.68. The van der Waals surface area contributed by atoms with Gasteiger partial charge in [0.25, 0.3) is 5.56 Å². The third-order valence-electron chi connectivity index (χ3n) is 4.83. The highest BCUT2D eigenvalue weighted by atomic mass is 16.3. The van der Waals surface area contributed by atoms with Crippen LogP contribution in [0.3, 0.4) is 0 Å². The Morgan fingerprint density at radius 2 is 1.75 bits per heavy atom. The van der Waals surface area contributed by atoms with E-state index < -0.39 is 0 Å². The summed E-state index contributed by atoms with van der Waals surface area (Å²) in [5.74, 6) is -0.223. The van der Waals surface area contributed by atoms with Gasteiger partial charge in [0.2, 0.25) is 5.88 Å². The van der Waals surface area contributed by atoms with Crippen molar-refractivity contribution in [3.8, 4) is 5.88 Å². The molecule has 0 amide bonds. The molecule has 0 bridgehead atoms. The molecule has 0 unspecified atom stereocenters. The normalized spacial score (nSPS) is 15.0. The second-order valence-electron chi connectivity index (χ2n) is 6.53. The number of benzene rings is 1. The molecule has 1 N–H and O–H groups in total. The fourth-order valence-corrected chi connectivity index (χ4v) is 3.53. The Kier molecular flexibility index (Phi) is 5.18. The smallest absolute Gasteiger partial charge is 0.334 e. The van der Waals surface area contributed by atoms with Gasteiger partial charge in [0.05, 0.1) is 6.07 Å². The van der Waals surface area contributed by atoms with E-state index in [4.69, 9.17) is 0 Å². The molecule has 5 nitrogen and oxygen atoms in total. The van der Waals surface area contributed by atoms with E-state index in [1.165, 1.54) is 20.8 Å². The monoisotopic (exact) mass is 328 g/mol. The Labute approximate surface area is 141 Å². The summed E-state index contributed by atoms with van der Waals surface area (Å²) >= 11 is 0. The van der Waals surface area contributed by atoms with E-state index in [1.54, 1.807) is 0 Å². The molecular formula is C19H24N2O3. The maximum Gasteiger partial charge on any atom is 0.334 e. The van der Waals surface area contributed by atoms with Crippen LogP contribution in [0.1, 0.15) is 50.1 Å². The molecule has 1 fully saturated rings. The van der Waals surface area contributed by atoms with Gasteiger partial charge in [0.15, 0.2) is 0 Å². The van der Waals surface area contributed by atoms with E-state index >= 15 is 0 Å². The lowest BCUT2D eigenvalue weighted by molar-refractivity contribution is 0.368. The molecule has 0 aliphatic heterocycles. The fourth-order valence-electron chi connectivity index (χ4n) is 3.53. The predicted molar refractivity (Wildman–Crippen MR) is 93.5 cm³/mol. The van der Waals surface area contributed by atoms with E-state index in [1.807, 2.05) is 18.2 Å². The van der Waals surface area contributed by atoms with Gasteiger partial charge in [0, 0.05) is 12.6 Å². The first-order chi connectivity index (χ1) is 11.7. The zero-order valence-electron chi connectivity index (χ0n) is 13.9. The lowest BCUT2D eigenvalue weighted by Gasteiger charge is -2.16. The Morgan fingerprint density at radius 3 is 2.46 bits per heavy atom. The first-order valence-electron chi connectivity index (χ1n) is 8.76. The number of rotatable bonds is 6. The molecular weight excluding hydrogens is 304 g/mol. The van der Waals surface area contributed by atoms with Crippen LogP contribution >= 0.6 is 0 Å². The molecule has 1 aliphatic carbocycles. The first-order valence-corrected chi connectivity index (χ1v) is 8.76. The summed E-state index contributed by atoms with van der Waals surface area (Å²) in [6, 6.07) is 11.4. The molecule has 2 aromatic rings. The van der Waals surface area contributed by atoms with Gasteiger partial charge in [-0.15, -0.1) is 0 Å². The quantitative estimate of drug-likeness (QED) is 0.829. The van der Waals surface area contributed by atoms with Crippen molar-refractivity contribution in [2.75, 3.05) is 0 Å². The first kappa shape index (κ1) is 16.6. The van der Waals surface area contributed by atoms with E-state index in [0.29, 0.717) is 6.54 Å². The third-order valence-corrected chi connectivity index (χ3v) is 4.83. The zero-order chi connectivity index (χ0) is 16.9. The molecule has 1 aromatic heterocycles. The van der Waals surface area contributed by atoms with Crippen LogP contribution in [0.15, 0.2) is 46.0 Å². The molecule has 1 aromatic carbocycles. The van der Waals surface area contributed by atoms with Crippen LogP contribution in [0.2, 0.25) is 0 Å². The highest BCUT2D eigenvalue weighted by molar-refractivity contribution is 5.14. The highest BCUT2D eigenvalue weighted by Crippen LogP contribution is 2.27. The second kappa shape index (κ2) is 7.51. The lowest BCUT2D eigenvalue weighted by Crippen LogP contribution is -2.41. The van der Waals surface area contributed by atoms with E-state index in [0.717, 1.165) is 44.9 Å². The molecule has 1 saturated carbocycles. The third kappa shape index (κ3) is 3.61. The van der Waals surface area contributed by atoms with Gasteiger partial charge in [-0.05, 0) is 37.7 Å². The highest BCUT2D eigenvalue weighted by Gasteiger charge is 2.22. The van der Waals surface area contributed by atoms with Crippen LogP contribution in [0.4, 0.5) is 0 Å². The maximum atomic E-state index is 12.6. The summed E-state index contributed by atoms with van der Waals surface area (Å²) in [6.07, 6.45) is 6.49. The molecule has 1 heterocycles. The average Bonchev–Trinajstić information content (AvgIpc) is 3.08. The molecule has 24 heavy (non-hydrogen) atoms. The molecule has 0 radical (unpaired) electrons. The standard InChI is InChI=1S/C19H24N2O3/c22-17-14-18(23)21(16-11-4-5-12-16)19(24)20(17)13-7-6-10-15-8-2-1-3-9-15/h1-3,8-9,14,16,22H,4-7,10-13H2. The van der Waals surface area contributed by atoms with E-state index in [2.05, 4.69) is 12.1 Å². The lowest BCUT2D eigenvalue weighted by atomic mass is 10.1. The molecule has 128 valence electrons. The number of aromatic nitrogens is 2. The van der Waals surface area contributed by atoms with Crippen molar-refractivity contribution >= 4 is 0 Å². The summed E-state index contributed by atoms with van der Waals surface area (Å²) in [6.45, 7) is 0.435. The number of aryl methyl sites for hydroxylation is 1. The van der Waals surface area contributed by atoms with E-state index in [9.17, 15) is 14.7 Å². The molecule has 5 heteroatoms. The zero-order valence-corrected chi connectivity index (χ0v) is 13.9. The number of aromatic hydroxyl groups is 1. The number of hydrogen-bond donors (Lipinski definition) is 1. The minimum absolute atomic E-state index is 0.0128. The van der Waals surface area contributed by atoms with Gasteiger partial charge in [-0.1, -0.05) is 43.2 Å². The maximum absolute atomic E-state index is 12.6. The van der Waals surface area contributed by atoms with Crippen molar-refractivity contribution in [1.29, 1.82) is 0 Å². The van der Waals surface area contributed by atoms with Crippen molar-refractivity contribution in [3.05, 3.63) is 62.8 Å².